The molecule has 33 heavy (non-hydrogen) atoms. The summed E-state index contributed by atoms with van der Waals surface area (Å²) in [4.78, 5) is 15.1. The largest absolute Gasteiger partial charge is 0.435 e. The summed E-state index contributed by atoms with van der Waals surface area (Å²) in [7, 11) is 0. The van der Waals surface area contributed by atoms with Crippen LogP contribution >= 0.6 is 0 Å². The Morgan fingerprint density at radius 3 is 2.52 bits per heavy atom. The summed E-state index contributed by atoms with van der Waals surface area (Å²) in [6.07, 6.45) is 5.25. The van der Waals surface area contributed by atoms with Gasteiger partial charge in [0.25, 0.3) is 0 Å². The number of hydrogen-bond donors (Lipinski definition) is 0. The number of nitrogens with zero attached hydrogens (tertiary/aromatic N) is 3. The van der Waals surface area contributed by atoms with Crippen molar-refractivity contribution in [1.82, 2.24) is 14.7 Å². The molecular weight excluding hydrogens is 424 g/mol. The normalized spacial score (nSPS) is 15.8. The molecule has 1 aromatic heterocycles. The molecule has 0 saturated heterocycles. The highest BCUT2D eigenvalue weighted by Crippen LogP contribution is 2.37. The van der Waals surface area contributed by atoms with Crippen molar-refractivity contribution in [3.8, 4) is 17.3 Å². The maximum atomic E-state index is 14.5. The molecule has 5 rings (SSSR count). The Labute approximate surface area is 192 Å². The van der Waals surface area contributed by atoms with Crippen LogP contribution in [-0.4, -0.2) is 27.1 Å². The molecule has 7 heteroatoms. The summed E-state index contributed by atoms with van der Waals surface area (Å²) in [6.45, 7) is 2.93. The average Bonchev–Trinajstić information content (AvgIpc) is 3.53. The Kier molecular flexibility index (Phi) is 5.87. The number of amides is 1. The predicted molar refractivity (Wildman–Crippen MR) is 120 cm³/mol. The number of aryl methyl sites for hydroxylation is 1. The van der Waals surface area contributed by atoms with Gasteiger partial charge in [0.2, 0.25) is 11.8 Å². The number of aromatic nitrogens is 2. The van der Waals surface area contributed by atoms with Crippen LogP contribution in [0.25, 0.3) is 5.69 Å². The number of halogens is 2. The Morgan fingerprint density at radius 1 is 1.12 bits per heavy atom. The molecule has 3 aromatic rings. The molecule has 0 N–H and O–H groups in total. The van der Waals surface area contributed by atoms with Crippen molar-refractivity contribution < 1.29 is 18.3 Å². The monoisotopic (exact) mass is 451 g/mol. The lowest BCUT2D eigenvalue weighted by Crippen LogP contribution is -2.39. The summed E-state index contributed by atoms with van der Waals surface area (Å²) in [5, 5.41) is 4.67. The number of carbonyl (C=O) groups excluding carboxylic acids is 1. The van der Waals surface area contributed by atoms with Crippen LogP contribution < -0.4 is 4.74 Å². The van der Waals surface area contributed by atoms with Crippen LogP contribution in [0.1, 0.15) is 43.4 Å². The zero-order valence-corrected chi connectivity index (χ0v) is 18.6. The second-order valence-electron chi connectivity index (χ2n) is 9.08. The second-order valence-corrected chi connectivity index (χ2v) is 9.08. The number of rotatable bonds is 8. The van der Waals surface area contributed by atoms with Gasteiger partial charge in [-0.15, -0.1) is 0 Å². The van der Waals surface area contributed by atoms with Gasteiger partial charge in [0.15, 0.2) is 11.6 Å². The van der Waals surface area contributed by atoms with Crippen LogP contribution in [0.3, 0.4) is 0 Å². The SMILES string of the molecule is Cc1nn(-c2ccccc2)c(Oc2ccc(F)cc2F)c1CN(CC1CC1)C(=O)C1CCC1. The smallest absolute Gasteiger partial charge is 0.228 e. The molecule has 0 spiro atoms. The van der Waals surface area contributed by atoms with E-state index in [0.29, 0.717) is 24.0 Å². The fraction of sp³-hybridized carbons (Fsp3) is 0.385. The molecule has 0 radical (unpaired) electrons. The van der Waals surface area contributed by atoms with Crippen molar-refractivity contribution >= 4 is 5.91 Å². The standard InChI is InChI=1S/C26H27F2N3O2/c1-17-22(16-30(15-18-10-11-18)25(32)19-6-5-7-19)26(31(29-17)21-8-3-2-4-9-21)33-24-13-12-20(27)14-23(24)28/h2-4,8-9,12-14,18-19H,5-7,10-11,15-16H2,1H3. The van der Waals surface area contributed by atoms with E-state index in [2.05, 4.69) is 5.10 Å². The molecule has 2 aromatic carbocycles. The minimum Gasteiger partial charge on any atom is -0.435 e. The first-order valence-corrected chi connectivity index (χ1v) is 11.5. The van der Waals surface area contributed by atoms with E-state index in [0.717, 1.165) is 62.0 Å². The van der Waals surface area contributed by atoms with E-state index in [1.165, 1.54) is 6.07 Å². The van der Waals surface area contributed by atoms with E-state index in [1.807, 2.05) is 42.2 Å². The summed E-state index contributed by atoms with van der Waals surface area (Å²) in [5.41, 5.74) is 2.19. The summed E-state index contributed by atoms with van der Waals surface area (Å²) in [6, 6.07) is 12.7. The van der Waals surface area contributed by atoms with Gasteiger partial charge in [0.05, 0.1) is 23.5 Å². The van der Waals surface area contributed by atoms with E-state index in [1.54, 1.807) is 4.68 Å². The Hall–Kier alpha value is -3.22. The lowest BCUT2D eigenvalue weighted by atomic mass is 9.84. The molecule has 2 aliphatic carbocycles. The summed E-state index contributed by atoms with van der Waals surface area (Å²) in [5.74, 6) is -0.405. The number of carbonyl (C=O) groups is 1. The molecule has 172 valence electrons. The predicted octanol–water partition coefficient (Wildman–Crippen LogP) is 5.79. The maximum absolute atomic E-state index is 14.5. The van der Waals surface area contributed by atoms with Gasteiger partial charge < -0.3 is 9.64 Å². The van der Waals surface area contributed by atoms with Crippen molar-refractivity contribution in [2.75, 3.05) is 6.54 Å². The number of ether oxygens (including phenoxy) is 1. The van der Waals surface area contributed by atoms with Crippen molar-refractivity contribution in [2.45, 2.75) is 45.6 Å². The quantitative estimate of drug-likeness (QED) is 0.436. The fourth-order valence-electron chi connectivity index (χ4n) is 4.18. The Morgan fingerprint density at radius 2 is 1.88 bits per heavy atom. The van der Waals surface area contributed by atoms with E-state index in [-0.39, 0.29) is 17.6 Å². The highest BCUT2D eigenvalue weighted by Gasteiger charge is 2.34. The average molecular weight is 452 g/mol. The number of para-hydroxylation sites is 1. The number of benzene rings is 2. The second kappa shape index (κ2) is 8.96. The maximum Gasteiger partial charge on any atom is 0.228 e. The highest BCUT2D eigenvalue weighted by atomic mass is 19.1. The highest BCUT2D eigenvalue weighted by molar-refractivity contribution is 5.79. The van der Waals surface area contributed by atoms with E-state index in [9.17, 15) is 13.6 Å². The Bertz CT molecular complexity index is 1150. The van der Waals surface area contributed by atoms with Crippen LogP contribution in [0.15, 0.2) is 48.5 Å². The lowest BCUT2D eigenvalue weighted by Gasteiger charge is -2.32. The van der Waals surface area contributed by atoms with Gasteiger partial charge in [-0.1, -0.05) is 24.6 Å². The van der Waals surface area contributed by atoms with Gasteiger partial charge in [-0.05, 0) is 62.8 Å². The van der Waals surface area contributed by atoms with Crippen molar-refractivity contribution in [3.05, 3.63) is 71.4 Å². The van der Waals surface area contributed by atoms with Crippen LogP contribution in [0.2, 0.25) is 0 Å². The minimum absolute atomic E-state index is 0.0891. The molecule has 5 nitrogen and oxygen atoms in total. The van der Waals surface area contributed by atoms with Crippen molar-refractivity contribution in [2.24, 2.45) is 11.8 Å². The van der Waals surface area contributed by atoms with Crippen LogP contribution in [0.5, 0.6) is 11.6 Å². The van der Waals surface area contributed by atoms with Gasteiger partial charge in [-0.25, -0.2) is 13.5 Å². The zero-order chi connectivity index (χ0) is 22.9. The molecule has 2 aliphatic rings. The molecule has 1 heterocycles. The summed E-state index contributed by atoms with van der Waals surface area (Å²) < 4.78 is 35.6. The molecule has 2 saturated carbocycles. The minimum atomic E-state index is -0.792. The first kappa shape index (κ1) is 21.6. The van der Waals surface area contributed by atoms with Gasteiger partial charge in [-0.3, -0.25) is 4.79 Å². The van der Waals surface area contributed by atoms with Crippen molar-refractivity contribution in [1.29, 1.82) is 0 Å². The van der Waals surface area contributed by atoms with E-state index < -0.39 is 11.6 Å². The molecule has 0 aliphatic heterocycles. The van der Waals surface area contributed by atoms with Gasteiger partial charge in [0.1, 0.15) is 5.82 Å². The van der Waals surface area contributed by atoms with E-state index in [4.69, 9.17) is 4.74 Å². The van der Waals surface area contributed by atoms with E-state index >= 15 is 0 Å². The van der Waals surface area contributed by atoms with Gasteiger partial charge in [0, 0.05) is 18.5 Å². The van der Waals surface area contributed by atoms with Gasteiger partial charge >= 0.3 is 0 Å². The van der Waals surface area contributed by atoms with Crippen LogP contribution in [0.4, 0.5) is 8.78 Å². The third-order valence-electron chi connectivity index (χ3n) is 6.53. The fourth-order valence-corrected chi connectivity index (χ4v) is 4.18. The third kappa shape index (κ3) is 4.63. The zero-order valence-electron chi connectivity index (χ0n) is 18.6. The lowest BCUT2D eigenvalue weighted by molar-refractivity contribution is -0.139. The first-order chi connectivity index (χ1) is 16.0. The molecular formula is C26H27F2N3O2. The molecule has 2 fully saturated rings. The number of hydrogen-bond acceptors (Lipinski definition) is 3. The molecule has 0 atom stereocenters. The van der Waals surface area contributed by atoms with Gasteiger partial charge in [-0.2, -0.15) is 5.10 Å². The molecule has 1 amide bonds. The first-order valence-electron chi connectivity index (χ1n) is 11.5. The third-order valence-corrected chi connectivity index (χ3v) is 6.53. The topological polar surface area (TPSA) is 47.4 Å². The Balaban J connectivity index is 1.53. The molecule has 0 unspecified atom stereocenters. The van der Waals surface area contributed by atoms with Crippen LogP contribution in [-0.2, 0) is 11.3 Å². The molecule has 0 bridgehead atoms. The van der Waals surface area contributed by atoms with Crippen LogP contribution in [0, 0.1) is 30.4 Å². The summed E-state index contributed by atoms with van der Waals surface area (Å²) >= 11 is 0. The van der Waals surface area contributed by atoms with Crippen molar-refractivity contribution in [3.63, 3.8) is 0 Å².